The number of ether oxygens (including phenoxy) is 1. The molecule has 2 aromatic carbocycles. The maximum atomic E-state index is 12.0. The van der Waals surface area contributed by atoms with Crippen molar-refractivity contribution in [2.24, 2.45) is 0 Å². The summed E-state index contributed by atoms with van der Waals surface area (Å²) in [6.07, 6.45) is 1.86. The van der Waals surface area contributed by atoms with Crippen molar-refractivity contribution in [3.8, 4) is 5.75 Å². The van der Waals surface area contributed by atoms with Gasteiger partial charge in [-0.3, -0.25) is 9.20 Å². The zero-order valence-electron chi connectivity index (χ0n) is 13.4. The molecule has 0 spiro atoms. The van der Waals surface area contributed by atoms with Crippen molar-refractivity contribution in [3.63, 3.8) is 0 Å². The van der Waals surface area contributed by atoms with Crippen molar-refractivity contribution in [1.82, 2.24) is 19.9 Å². The Labute approximate surface area is 144 Å². The zero-order chi connectivity index (χ0) is 17.1. The van der Waals surface area contributed by atoms with E-state index in [0.717, 1.165) is 16.4 Å². The number of amides is 1. The number of carbonyl (C=O) groups is 1. The fourth-order valence-electron chi connectivity index (χ4n) is 2.65. The smallest absolute Gasteiger partial charge is 0.258 e. The standard InChI is InChI=1S/C19H16N4O2/c24-19(20-12-18-22-21-17-7-3-4-10-23(17)18)13-25-16-9-8-14-5-1-2-6-15(14)11-16/h1-11H,12-13H2,(H,20,24). The summed E-state index contributed by atoms with van der Waals surface area (Å²) in [5, 5.41) is 13.1. The third-order valence-electron chi connectivity index (χ3n) is 3.92. The molecule has 0 bridgehead atoms. The van der Waals surface area contributed by atoms with Gasteiger partial charge in [0.25, 0.3) is 5.91 Å². The van der Waals surface area contributed by atoms with E-state index < -0.39 is 0 Å². The van der Waals surface area contributed by atoms with Gasteiger partial charge in [-0.1, -0.05) is 36.4 Å². The Morgan fingerprint density at radius 2 is 1.84 bits per heavy atom. The summed E-state index contributed by atoms with van der Waals surface area (Å²) in [4.78, 5) is 12.0. The molecule has 4 aromatic rings. The van der Waals surface area contributed by atoms with E-state index in [2.05, 4.69) is 15.5 Å². The molecule has 0 aliphatic carbocycles. The van der Waals surface area contributed by atoms with Gasteiger partial charge in [-0.05, 0) is 35.0 Å². The lowest BCUT2D eigenvalue weighted by atomic mass is 10.1. The molecule has 2 aromatic heterocycles. The van der Waals surface area contributed by atoms with Crippen LogP contribution in [0.15, 0.2) is 66.9 Å². The second-order valence-electron chi connectivity index (χ2n) is 5.62. The number of hydrogen-bond acceptors (Lipinski definition) is 4. The first-order valence-electron chi connectivity index (χ1n) is 7.96. The molecular formula is C19H16N4O2. The van der Waals surface area contributed by atoms with E-state index in [9.17, 15) is 4.79 Å². The fourth-order valence-corrected chi connectivity index (χ4v) is 2.65. The number of hydrogen-bond donors (Lipinski definition) is 1. The molecule has 0 aliphatic rings. The zero-order valence-corrected chi connectivity index (χ0v) is 13.4. The Morgan fingerprint density at radius 1 is 1.00 bits per heavy atom. The second-order valence-corrected chi connectivity index (χ2v) is 5.62. The average Bonchev–Trinajstić information content (AvgIpc) is 3.08. The van der Waals surface area contributed by atoms with Crippen molar-refractivity contribution in [3.05, 3.63) is 72.7 Å². The summed E-state index contributed by atoms with van der Waals surface area (Å²) < 4.78 is 7.42. The number of aromatic nitrogens is 3. The molecule has 1 amide bonds. The summed E-state index contributed by atoms with van der Waals surface area (Å²) in [5.41, 5.74) is 0.749. The molecule has 0 saturated heterocycles. The van der Waals surface area contributed by atoms with Crippen LogP contribution in [0.2, 0.25) is 0 Å². The van der Waals surface area contributed by atoms with Gasteiger partial charge in [0.05, 0.1) is 6.54 Å². The van der Waals surface area contributed by atoms with Crippen LogP contribution in [0.25, 0.3) is 16.4 Å². The van der Waals surface area contributed by atoms with Crippen LogP contribution in [0.1, 0.15) is 5.82 Å². The average molecular weight is 332 g/mol. The predicted octanol–water partition coefficient (Wildman–Crippen LogP) is 2.58. The maximum Gasteiger partial charge on any atom is 0.258 e. The summed E-state index contributed by atoms with van der Waals surface area (Å²) in [7, 11) is 0. The Bertz CT molecular complexity index is 1040. The Kier molecular flexibility index (Phi) is 4.00. The van der Waals surface area contributed by atoms with Gasteiger partial charge < -0.3 is 10.1 Å². The SMILES string of the molecule is O=C(COc1ccc2ccccc2c1)NCc1nnc2ccccn12. The molecule has 0 saturated carbocycles. The Hall–Kier alpha value is -3.41. The van der Waals surface area contributed by atoms with Crippen LogP contribution in [-0.2, 0) is 11.3 Å². The van der Waals surface area contributed by atoms with Gasteiger partial charge in [0, 0.05) is 6.20 Å². The third-order valence-corrected chi connectivity index (χ3v) is 3.92. The molecule has 25 heavy (non-hydrogen) atoms. The molecule has 0 unspecified atom stereocenters. The van der Waals surface area contributed by atoms with Crippen molar-refractivity contribution in [2.75, 3.05) is 6.61 Å². The number of nitrogens with zero attached hydrogens (tertiary/aromatic N) is 3. The van der Waals surface area contributed by atoms with Gasteiger partial charge in [0.1, 0.15) is 5.75 Å². The first-order valence-corrected chi connectivity index (χ1v) is 7.96. The molecular weight excluding hydrogens is 316 g/mol. The first kappa shape index (κ1) is 15.1. The molecule has 6 nitrogen and oxygen atoms in total. The molecule has 1 N–H and O–H groups in total. The van der Waals surface area contributed by atoms with Gasteiger partial charge in [0.2, 0.25) is 0 Å². The van der Waals surface area contributed by atoms with Gasteiger partial charge in [0.15, 0.2) is 18.1 Å². The van der Waals surface area contributed by atoms with E-state index in [1.807, 2.05) is 71.3 Å². The highest BCUT2D eigenvalue weighted by molar-refractivity contribution is 5.84. The molecule has 0 atom stereocenters. The van der Waals surface area contributed by atoms with Crippen LogP contribution >= 0.6 is 0 Å². The summed E-state index contributed by atoms with van der Waals surface area (Å²) >= 11 is 0. The van der Waals surface area contributed by atoms with E-state index >= 15 is 0 Å². The van der Waals surface area contributed by atoms with Gasteiger partial charge >= 0.3 is 0 Å². The summed E-state index contributed by atoms with van der Waals surface area (Å²) in [6.45, 7) is 0.250. The number of fused-ring (bicyclic) bond motifs is 2. The normalized spacial score (nSPS) is 10.9. The minimum atomic E-state index is -0.208. The number of benzene rings is 2. The fraction of sp³-hybridized carbons (Fsp3) is 0.105. The Balaban J connectivity index is 1.35. The van der Waals surface area contributed by atoms with Crippen LogP contribution in [0.3, 0.4) is 0 Å². The lowest BCUT2D eigenvalue weighted by Crippen LogP contribution is -2.29. The summed E-state index contributed by atoms with van der Waals surface area (Å²) in [5.74, 6) is 1.14. The number of pyridine rings is 1. The quantitative estimate of drug-likeness (QED) is 0.610. The summed E-state index contributed by atoms with van der Waals surface area (Å²) in [6, 6.07) is 19.4. The topological polar surface area (TPSA) is 68.5 Å². The van der Waals surface area contributed by atoms with Crippen molar-refractivity contribution >= 4 is 22.3 Å². The molecule has 6 heteroatoms. The van der Waals surface area contributed by atoms with Gasteiger partial charge in [-0.2, -0.15) is 0 Å². The van der Waals surface area contributed by atoms with E-state index in [-0.39, 0.29) is 12.5 Å². The molecule has 124 valence electrons. The van der Waals surface area contributed by atoms with E-state index in [1.165, 1.54) is 0 Å². The molecule has 0 aliphatic heterocycles. The number of rotatable bonds is 5. The third kappa shape index (κ3) is 3.28. The molecule has 0 radical (unpaired) electrons. The van der Waals surface area contributed by atoms with Crippen LogP contribution in [0.5, 0.6) is 5.75 Å². The minimum Gasteiger partial charge on any atom is -0.484 e. The van der Waals surface area contributed by atoms with Crippen molar-refractivity contribution < 1.29 is 9.53 Å². The lowest BCUT2D eigenvalue weighted by Gasteiger charge is -2.08. The largest absolute Gasteiger partial charge is 0.484 e. The molecule has 4 rings (SSSR count). The first-order chi connectivity index (χ1) is 12.3. The predicted molar refractivity (Wildman–Crippen MR) is 94.3 cm³/mol. The molecule has 2 heterocycles. The van der Waals surface area contributed by atoms with E-state index in [1.54, 1.807) is 0 Å². The lowest BCUT2D eigenvalue weighted by molar-refractivity contribution is -0.123. The van der Waals surface area contributed by atoms with Crippen LogP contribution in [-0.4, -0.2) is 27.1 Å². The maximum absolute atomic E-state index is 12.0. The van der Waals surface area contributed by atoms with Gasteiger partial charge in [-0.15, -0.1) is 10.2 Å². The van der Waals surface area contributed by atoms with E-state index in [4.69, 9.17) is 4.74 Å². The van der Waals surface area contributed by atoms with Crippen LogP contribution in [0.4, 0.5) is 0 Å². The van der Waals surface area contributed by atoms with Crippen LogP contribution in [0, 0.1) is 0 Å². The highest BCUT2D eigenvalue weighted by atomic mass is 16.5. The number of carbonyl (C=O) groups excluding carboxylic acids is 1. The highest BCUT2D eigenvalue weighted by Crippen LogP contribution is 2.20. The van der Waals surface area contributed by atoms with Crippen molar-refractivity contribution in [1.29, 1.82) is 0 Å². The van der Waals surface area contributed by atoms with Gasteiger partial charge in [-0.25, -0.2) is 0 Å². The number of nitrogens with one attached hydrogen (secondary N) is 1. The van der Waals surface area contributed by atoms with E-state index in [0.29, 0.717) is 18.1 Å². The monoisotopic (exact) mass is 332 g/mol. The highest BCUT2D eigenvalue weighted by Gasteiger charge is 2.08. The Morgan fingerprint density at radius 3 is 2.76 bits per heavy atom. The second kappa shape index (κ2) is 6.60. The van der Waals surface area contributed by atoms with Crippen LogP contribution < -0.4 is 10.1 Å². The van der Waals surface area contributed by atoms with Crippen molar-refractivity contribution in [2.45, 2.75) is 6.54 Å². The molecule has 0 fully saturated rings. The minimum absolute atomic E-state index is 0.0466.